The molecule has 0 atom stereocenters. The highest BCUT2D eigenvalue weighted by molar-refractivity contribution is 14.0. The Hall–Kier alpha value is -0.570. The molecular weight excluding hydrogens is 443 g/mol. The Morgan fingerprint density at radius 3 is 2.35 bits per heavy atom. The van der Waals surface area contributed by atoms with E-state index in [0.717, 1.165) is 32.1 Å². The van der Waals surface area contributed by atoms with E-state index >= 15 is 0 Å². The summed E-state index contributed by atoms with van der Waals surface area (Å²) in [7, 11) is 0. The van der Waals surface area contributed by atoms with E-state index in [2.05, 4.69) is 20.9 Å². The Morgan fingerprint density at radius 2 is 1.73 bits per heavy atom. The third-order valence-corrected chi connectivity index (χ3v) is 4.45. The molecule has 7 heteroatoms. The second-order valence-electron chi connectivity index (χ2n) is 7.35. The van der Waals surface area contributed by atoms with Crippen LogP contribution in [0.2, 0.25) is 0 Å². The Bertz CT molecular complexity index is 410. The number of nitrogens with one attached hydrogen (secondary N) is 3. The van der Waals surface area contributed by atoms with Crippen LogP contribution in [0.25, 0.3) is 0 Å². The molecule has 0 heterocycles. The molecule has 0 aromatic rings. The van der Waals surface area contributed by atoms with Crippen molar-refractivity contribution in [2.45, 2.75) is 72.3 Å². The van der Waals surface area contributed by atoms with Crippen LogP contribution in [0.5, 0.6) is 0 Å². The number of carbonyl (C=O) groups is 1. The van der Waals surface area contributed by atoms with Crippen LogP contribution in [0.15, 0.2) is 4.99 Å². The zero-order valence-corrected chi connectivity index (χ0v) is 19.4. The van der Waals surface area contributed by atoms with E-state index in [1.807, 2.05) is 27.7 Å². The number of guanidine groups is 1. The van der Waals surface area contributed by atoms with Crippen LogP contribution in [-0.2, 0) is 9.53 Å². The molecule has 3 N–H and O–H groups in total. The van der Waals surface area contributed by atoms with Crippen LogP contribution in [-0.4, -0.2) is 50.8 Å². The predicted molar refractivity (Wildman–Crippen MR) is 119 cm³/mol. The predicted octanol–water partition coefficient (Wildman–Crippen LogP) is 3.06. The van der Waals surface area contributed by atoms with Gasteiger partial charge < -0.3 is 20.7 Å². The van der Waals surface area contributed by atoms with E-state index in [0.29, 0.717) is 19.2 Å². The van der Waals surface area contributed by atoms with Gasteiger partial charge in [-0.25, -0.2) is 0 Å². The molecule has 26 heavy (non-hydrogen) atoms. The number of hydrogen-bond donors (Lipinski definition) is 3. The van der Waals surface area contributed by atoms with E-state index in [9.17, 15) is 4.79 Å². The van der Waals surface area contributed by atoms with E-state index in [1.54, 1.807) is 0 Å². The molecule has 0 saturated heterocycles. The third kappa shape index (κ3) is 10.5. The molecule has 1 aliphatic rings. The molecule has 0 radical (unpaired) electrons. The van der Waals surface area contributed by atoms with Crippen molar-refractivity contribution in [1.82, 2.24) is 16.0 Å². The summed E-state index contributed by atoms with van der Waals surface area (Å²) < 4.78 is 5.94. The summed E-state index contributed by atoms with van der Waals surface area (Å²) in [6, 6.07) is 0. The van der Waals surface area contributed by atoms with E-state index < -0.39 is 5.41 Å². The van der Waals surface area contributed by atoms with Crippen molar-refractivity contribution in [3.8, 4) is 0 Å². The average Bonchev–Trinajstić information content (AvgIpc) is 2.60. The Morgan fingerprint density at radius 1 is 1.08 bits per heavy atom. The van der Waals surface area contributed by atoms with Gasteiger partial charge in [0.2, 0.25) is 5.91 Å². The molecule has 0 bridgehead atoms. The highest BCUT2D eigenvalue weighted by atomic mass is 127. The average molecular weight is 482 g/mol. The lowest BCUT2D eigenvalue weighted by atomic mass is 9.92. The van der Waals surface area contributed by atoms with Crippen molar-refractivity contribution in [1.29, 1.82) is 0 Å². The lowest BCUT2D eigenvalue weighted by Crippen LogP contribution is -2.42. The van der Waals surface area contributed by atoms with Gasteiger partial charge in [-0.3, -0.25) is 9.79 Å². The van der Waals surface area contributed by atoms with Gasteiger partial charge in [0.15, 0.2) is 5.96 Å². The summed E-state index contributed by atoms with van der Waals surface area (Å²) in [6.07, 6.45) is 7.83. The number of ether oxygens (including phenoxy) is 1. The number of hydrogen-bond acceptors (Lipinski definition) is 3. The van der Waals surface area contributed by atoms with Gasteiger partial charge in [0.25, 0.3) is 0 Å². The van der Waals surface area contributed by atoms with Crippen molar-refractivity contribution in [3.05, 3.63) is 0 Å². The minimum atomic E-state index is -0.511. The molecule has 1 fully saturated rings. The maximum Gasteiger partial charge on any atom is 0.227 e. The van der Waals surface area contributed by atoms with Gasteiger partial charge in [-0.1, -0.05) is 19.3 Å². The van der Waals surface area contributed by atoms with Crippen molar-refractivity contribution in [2.75, 3.05) is 32.8 Å². The van der Waals surface area contributed by atoms with Crippen molar-refractivity contribution >= 4 is 35.8 Å². The Labute approximate surface area is 176 Å². The highest BCUT2D eigenvalue weighted by Crippen LogP contribution is 2.20. The first-order chi connectivity index (χ1) is 12.0. The van der Waals surface area contributed by atoms with Crippen LogP contribution < -0.4 is 16.0 Å². The van der Waals surface area contributed by atoms with Crippen LogP contribution in [0.4, 0.5) is 0 Å². The molecule has 0 aromatic carbocycles. The van der Waals surface area contributed by atoms with Crippen molar-refractivity contribution < 1.29 is 9.53 Å². The number of carbonyl (C=O) groups excluding carboxylic acids is 1. The molecule has 1 saturated carbocycles. The lowest BCUT2D eigenvalue weighted by Gasteiger charge is -2.22. The maximum atomic E-state index is 12.0. The molecule has 154 valence electrons. The summed E-state index contributed by atoms with van der Waals surface area (Å²) in [5.41, 5.74) is -0.511. The first-order valence-corrected chi connectivity index (χ1v) is 9.91. The lowest BCUT2D eigenvalue weighted by molar-refractivity contribution is -0.128. The van der Waals surface area contributed by atoms with Crippen LogP contribution >= 0.6 is 24.0 Å². The monoisotopic (exact) mass is 482 g/mol. The van der Waals surface area contributed by atoms with Gasteiger partial charge in [-0.05, 0) is 47.0 Å². The minimum absolute atomic E-state index is 0. The topological polar surface area (TPSA) is 74.8 Å². The smallest absolute Gasteiger partial charge is 0.227 e. The number of aliphatic imine (C=N–C) groups is 1. The van der Waals surface area contributed by atoms with E-state index in [-0.39, 0.29) is 29.9 Å². The maximum absolute atomic E-state index is 12.0. The summed E-state index contributed by atoms with van der Waals surface area (Å²) in [5, 5.41) is 9.43. The molecule has 0 unspecified atom stereocenters. The number of amides is 1. The zero-order valence-electron chi connectivity index (χ0n) is 17.0. The van der Waals surface area contributed by atoms with Gasteiger partial charge in [-0.15, -0.1) is 24.0 Å². The highest BCUT2D eigenvalue weighted by Gasteiger charge is 2.26. The van der Waals surface area contributed by atoms with Crippen molar-refractivity contribution in [3.63, 3.8) is 0 Å². The van der Waals surface area contributed by atoms with Crippen LogP contribution in [0, 0.1) is 5.41 Å². The molecule has 0 aromatic heterocycles. The van der Waals surface area contributed by atoms with Gasteiger partial charge in [0.1, 0.15) is 0 Å². The standard InChI is InChI=1S/C19H38N4O2.HI/c1-5-20-17(24)19(3,4)15-23-18(21-6-2)22-13-10-14-25-16-11-8-7-9-12-16;/h16H,5-15H2,1-4H3,(H,20,24)(H2,21,22,23);1H. The second-order valence-corrected chi connectivity index (χ2v) is 7.35. The largest absolute Gasteiger partial charge is 0.378 e. The Kier molecular flexibility index (Phi) is 14.2. The Balaban J connectivity index is 0.00000625. The minimum Gasteiger partial charge on any atom is -0.378 e. The molecule has 1 amide bonds. The van der Waals surface area contributed by atoms with Gasteiger partial charge in [-0.2, -0.15) is 0 Å². The third-order valence-electron chi connectivity index (χ3n) is 4.45. The zero-order chi connectivity index (χ0) is 18.5. The summed E-state index contributed by atoms with van der Waals surface area (Å²) >= 11 is 0. The fraction of sp³-hybridized carbons (Fsp3) is 0.895. The molecule has 1 aliphatic carbocycles. The molecular formula is C19H39IN4O2. The summed E-state index contributed by atoms with van der Waals surface area (Å²) in [4.78, 5) is 16.6. The molecule has 0 spiro atoms. The van der Waals surface area contributed by atoms with Crippen LogP contribution in [0.1, 0.15) is 66.2 Å². The summed E-state index contributed by atoms with van der Waals surface area (Å²) in [5.74, 6) is 0.799. The molecule has 0 aliphatic heterocycles. The fourth-order valence-corrected chi connectivity index (χ4v) is 2.85. The normalized spacial score (nSPS) is 15.9. The first-order valence-electron chi connectivity index (χ1n) is 9.91. The molecule has 1 rings (SSSR count). The molecule has 6 nitrogen and oxygen atoms in total. The van der Waals surface area contributed by atoms with Gasteiger partial charge in [0.05, 0.1) is 18.1 Å². The van der Waals surface area contributed by atoms with Crippen molar-refractivity contribution in [2.24, 2.45) is 10.4 Å². The van der Waals surface area contributed by atoms with E-state index in [4.69, 9.17) is 4.74 Å². The number of nitrogens with zero attached hydrogens (tertiary/aromatic N) is 1. The summed E-state index contributed by atoms with van der Waals surface area (Å²) in [6.45, 7) is 11.3. The van der Waals surface area contributed by atoms with Gasteiger partial charge in [0, 0.05) is 26.2 Å². The SMILES string of the molecule is CCNC(=O)C(C)(C)CN=C(NCC)NCCCOC1CCCCC1.I. The second kappa shape index (κ2) is 14.5. The van der Waals surface area contributed by atoms with E-state index in [1.165, 1.54) is 32.1 Å². The van der Waals surface area contributed by atoms with Gasteiger partial charge >= 0.3 is 0 Å². The number of rotatable bonds is 10. The fourth-order valence-electron chi connectivity index (χ4n) is 2.85. The van der Waals surface area contributed by atoms with Crippen LogP contribution in [0.3, 0.4) is 0 Å². The number of halogens is 1. The quantitative estimate of drug-likeness (QED) is 0.194. The first kappa shape index (κ1) is 25.4.